The van der Waals surface area contributed by atoms with Gasteiger partial charge < -0.3 is 4.74 Å². The van der Waals surface area contributed by atoms with Crippen LogP contribution in [0, 0.1) is 0 Å². The zero-order valence-corrected chi connectivity index (χ0v) is 10.3. The highest BCUT2D eigenvalue weighted by Gasteiger charge is 2.17. The maximum absolute atomic E-state index is 5.53. The molecule has 0 aliphatic rings. The molecular formula is C11H22N4O. The van der Waals surface area contributed by atoms with Crippen molar-refractivity contribution in [2.45, 2.75) is 45.9 Å². The van der Waals surface area contributed by atoms with Gasteiger partial charge in [-0.05, 0) is 32.8 Å². The molecular weight excluding hydrogens is 204 g/mol. The van der Waals surface area contributed by atoms with Gasteiger partial charge in [-0.3, -0.25) is 16.0 Å². The van der Waals surface area contributed by atoms with Gasteiger partial charge in [-0.15, -0.1) is 0 Å². The molecule has 2 atom stereocenters. The van der Waals surface area contributed by atoms with Crippen molar-refractivity contribution in [1.82, 2.24) is 15.2 Å². The minimum absolute atomic E-state index is 0.0972. The molecule has 1 aromatic rings. The Kier molecular flexibility index (Phi) is 5.45. The predicted octanol–water partition coefficient (Wildman–Crippen LogP) is 0.702. The van der Waals surface area contributed by atoms with Gasteiger partial charge in [0.2, 0.25) is 0 Å². The number of hydrazine groups is 1. The monoisotopic (exact) mass is 226 g/mol. The van der Waals surface area contributed by atoms with Crippen molar-refractivity contribution in [3.63, 3.8) is 0 Å². The summed E-state index contributed by atoms with van der Waals surface area (Å²) >= 11 is 0. The second kappa shape index (κ2) is 6.62. The first-order chi connectivity index (χ1) is 7.71. The smallest absolute Gasteiger partial charge is 0.0716 e. The summed E-state index contributed by atoms with van der Waals surface area (Å²) in [4.78, 5) is 0. The molecule has 0 aliphatic carbocycles. The zero-order valence-electron chi connectivity index (χ0n) is 10.3. The van der Waals surface area contributed by atoms with E-state index in [1.807, 2.05) is 30.9 Å². The number of nitrogens with zero attached hydrogens (tertiary/aromatic N) is 2. The Labute approximate surface area is 96.9 Å². The highest BCUT2D eigenvalue weighted by atomic mass is 16.5. The van der Waals surface area contributed by atoms with Gasteiger partial charge in [0.1, 0.15) is 0 Å². The van der Waals surface area contributed by atoms with Crippen molar-refractivity contribution in [2.75, 3.05) is 6.61 Å². The van der Waals surface area contributed by atoms with Crippen molar-refractivity contribution in [3.05, 3.63) is 18.0 Å². The van der Waals surface area contributed by atoms with E-state index < -0.39 is 0 Å². The van der Waals surface area contributed by atoms with Crippen LogP contribution in [0.4, 0.5) is 0 Å². The molecule has 1 aromatic heterocycles. The van der Waals surface area contributed by atoms with Gasteiger partial charge in [0, 0.05) is 19.3 Å². The number of nitrogens with one attached hydrogen (secondary N) is 1. The minimum atomic E-state index is 0.0972. The van der Waals surface area contributed by atoms with Crippen LogP contribution in [0.5, 0.6) is 0 Å². The normalized spacial score (nSPS) is 15.0. The van der Waals surface area contributed by atoms with Gasteiger partial charge in [0.25, 0.3) is 0 Å². The zero-order chi connectivity index (χ0) is 12.0. The third-order valence-electron chi connectivity index (χ3n) is 2.68. The number of hydrogen-bond donors (Lipinski definition) is 2. The first-order valence-corrected chi connectivity index (χ1v) is 5.80. The second-order valence-corrected chi connectivity index (χ2v) is 3.84. The van der Waals surface area contributed by atoms with Crippen LogP contribution in [0.1, 0.15) is 26.3 Å². The van der Waals surface area contributed by atoms with Crippen LogP contribution in [-0.4, -0.2) is 28.5 Å². The molecule has 1 heterocycles. The van der Waals surface area contributed by atoms with E-state index >= 15 is 0 Å². The SMILES string of the molecule is CCOC(C)C(Cc1cnn(CC)c1)NN. The fourth-order valence-electron chi connectivity index (χ4n) is 1.68. The van der Waals surface area contributed by atoms with E-state index in [0.717, 1.165) is 13.0 Å². The summed E-state index contributed by atoms with van der Waals surface area (Å²) in [5.74, 6) is 5.53. The number of aromatic nitrogens is 2. The van der Waals surface area contributed by atoms with E-state index in [-0.39, 0.29) is 12.1 Å². The van der Waals surface area contributed by atoms with Gasteiger partial charge >= 0.3 is 0 Å². The third kappa shape index (κ3) is 3.59. The summed E-state index contributed by atoms with van der Waals surface area (Å²) in [6.45, 7) is 7.67. The second-order valence-electron chi connectivity index (χ2n) is 3.84. The van der Waals surface area contributed by atoms with Crippen LogP contribution < -0.4 is 11.3 Å². The first kappa shape index (κ1) is 13.2. The molecule has 0 bridgehead atoms. The van der Waals surface area contributed by atoms with Crippen molar-refractivity contribution >= 4 is 0 Å². The molecule has 1 rings (SSSR count). The number of rotatable bonds is 7. The Bertz CT molecular complexity index is 300. The van der Waals surface area contributed by atoms with E-state index in [2.05, 4.69) is 17.4 Å². The Balaban J connectivity index is 2.55. The lowest BCUT2D eigenvalue weighted by Crippen LogP contribution is -2.45. The van der Waals surface area contributed by atoms with Crippen molar-refractivity contribution < 1.29 is 4.74 Å². The molecule has 3 N–H and O–H groups in total. The number of ether oxygens (including phenoxy) is 1. The maximum Gasteiger partial charge on any atom is 0.0716 e. The van der Waals surface area contributed by atoms with E-state index in [1.54, 1.807) is 0 Å². The van der Waals surface area contributed by atoms with E-state index in [4.69, 9.17) is 10.6 Å². The van der Waals surface area contributed by atoms with Crippen molar-refractivity contribution in [2.24, 2.45) is 5.84 Å². The molecule has 0 fully saturated rings. The molecule has 0 amide bonds. The predicted molar refractivity (Wildman–Crippen MR) is 63.8 cm³/mol. The van der Waals surface area contributed by atoms with Gasteiger partial charge in [0.05, 0.1) is 18.3 Å². The average Bonchev–Trinajstić information content (AvgIpc) is 2.73. The Morgan fingerprint density at radius 3 is 2.81 bits per heavy atom. The number of nitrogens with two attached hydrogens (primary N) is 1. The molecule has 5 heteroatoms. The molecule has 92 valence electrons. The Morgan fingerprint density at radius 2 is 2.31 bits per heavy atom. The van der Waals surface area contributed by atoms with Crippen LogP contribution in [0.25, 0.3) is 0 Å². The summed E-state index contributed by atoms with van der Waals surface area (Å²) in [5.41, 5.74) is 3.98. The molecule has 2 unspecified atom stereocenters. The molecule has 0 spiro atoms. The lowest BCUT2D eigenvalue weighted by Gasteiger charge is -2.22. The summed E-state index contributed by atoms with van der Waals surface area (Å²) in [6.07, 6.45) is 4.85. The average molecular weight is 226 g/mol. The van der Waals surface area contributed by atoms with Crippen LogP contribution in [0.3, 0.4) is 0 Å². The molecule has 0 aromatic carbocycles. The fourth-order valence-corrected chi connectivity index (χ4v) is 1.68. The van der Waals surface area contributed by atoms with Gasteiger partial charge in [0.15, 0.2) is 0 Å². The molecule has 16 heavy (non-hydrogen) atoms. The topological polar surface area (TPSA) is 65.1 Å². The maximum atomic E-state index is 5.53. The van der Waals surface area contributed by atoms with Crippen molar-refractivity contribution in [1.29, 1.82) is 0 Å². The molecule has 0 radical (unpaired) electrons. The van der Waals surface area contributed by atoms with Crippen LogP contribution in [0.15, 0.2) is 12.4 Å². The van der Waals surface area contributed by atoms with Crippen molar-refractivity contribution in [3.8, 4) is 0 Å². The van der Waals surface area contributed by atoms with Crippen LogP contribution >= 0.6 is 0 Å². The van der Waals surface area contributed by atoms with E-state index in [9.17, 15) is 0 Å². The highest BCUT2D eigenvalue weighted by molar-refractivity contribution is 5.06. The van der Waals surface area contributed by atoms with E-state index in [0.29, 0.717) is 6.61 Å². The summed E-state index contributed by atoms with van der Waals surface area (Å²) in [7, 11) is 0. The summed E-state index contributed by atoms with van der Waals surface area (Å²) in [6, 6.07) is 0.120. The standard InChI is InChI=1S/C11H22N4O/c1-4-15-8-10(7-13-15)6-11(14-12)9(3)16-5-2/h7-9,11,14H,4-6,12H2,1-3H3. The summed E-state index contributed by atoms with van der Waals surface area (Å²) < 4.78 is 7.44. The molecule has 0 saturated carbocycles. The first-order valence-electron chi connectivity index (χ1n) is 5.80. The van der Waals surface area contributed by atoms with Crippen LogP contribution in [-0.2, 0) is 17.7 Å². The molecule has 5 nitrogen and oxygen atoms in total. The molecule has 0 saturated heterocycles. The highest BCUT2D eigenvalue weighted by Crippen LogP contribution is 2.07. The quantitative estimate of drug-likeness (QED) is 0.530. The van der Waals surface area contributed by atoms with Crippen LogP contribution in [0.2, 0.25) is 0 Å². The number of aryl methyl sites for hydroxylation is 1. The molecule has 0 aliphatic heterocycles. The Hall–Kier alpha value is -0.910. The Morgan fingerprint density at radius 1 is 1.56 bits per heavy atom. The fraction of sp³-hybridized carbons (Fsp3) is 0.727. The lowest BCUT2D eigenvalue weighted by molar-refractivity contribution is 0.0476. The minimum Gasteiger partial charge on any atom is -0.377 e. The summed E-state index contributed by atoms with van der Waals surface area (Å²) in [5, 5.41) is 4.23. The van der Waals surface area contributed by atoms with Gasteiger partial charge in [-0.2, -0.15) is 5.10 Å². The van der Waals surface area contributed by atoms with Gasteiger partial charge in [-0.1, -0.05) is 0 Å². The number of hydrogen-bond acceptors (Lipinski definition) is 4. The van der Waals surface area contributed by atoms with Gasteiger partial charge in [-0.25, -0.2) is 0 Å². The third-order valence-corrected chi connectivity index (χ3v) is 2.68. The van der Waals surface area contributed by atoms with E-state index in [1.165, 1.54) is 5.56 Å². The largest absolute Gasteiger partial charge is 0.377 e. The lowest BCUT2D eigenvalue weighted by atomic mass is 10.1.